The van der Waals surface area contributed by atoms with Crippen molar-refractivity contribution in [2.45, 2.75) is 51.4 Å². The van der Waals surface area contributed by atoms with Crippen LogP contribution in [0.1, 0.15) is 56.9 Å². The Bertz CT molecular complexity index is 390. The van der Waals surface area contributed by atoms with Gasteiger partial charge in [0.1, 0.15) is 0 Å². The Hall–Kier alpha value is -1.02. The van der Waals surface area contributed by atoms with Crippen molar-refractivity contribution in [3.63, 3.8) is 0 Å². The van der Waals surface area contributed by atoms with Crippen LogP contribution in [0.5, 0.6) is 0 Å². The van der Waals surface area contributed by atoms with Crippen molar-refractivity contribution in [2.24, 2.45) is 0 Å². The molecule has 106 valence electrons. The minimum atomic E-state index is -0.236. The average molecular weight is 283 g/mol. The van der Waals surface area contributed by atoms with Crippen LogP contribution in [0.3, 0.4) is 0 Å². The van der Waals surface area contributed by atoms with Gasteiger partial charge in [0, 0.05) is 5.02 Å². The van der Waals surface area contributed by atoms with Crippen molar-refractivity contribution in [1.29, 1.82) is 0 Å². The molecular formula is C16H23ClO2. The van der Waals surface area contributed by atoms with Crippen molar-refractivity contribution < 1.29 is 9.53 Å². The summed E-state index contributed by atoms with van der Waals surface area (Å²) < 4.78 is 4.90. The second kappa shape index (κ2) is 8.98. The number of esters is 1. The van der Waals surface area contributed by atoms with Gasteiger partial charge in [0.2, 0.25) is 0 Å². The molecular weight excluding hydrogens is 260 g/mol. The van der Waals surface area contributed by atoms with E-state index in [1.165, 1.54) is 26.4 Å². The van der Waals surface area contributed by atoms with E-state index in [1.54, 1.807) is 0 Å². The molecule has 0 spiro atoms. The summed E-state index contributed by atoms with van der Waals surface area (Å²) in [6.45, 7) is 2.20. The molecule has 2 nitrogen and oxygen atoms in total. The number of hydrogen-bond donors (Lipinski definition) is 0. The van der Waals surface area contributed by atoms with E-state index in [1.807, 2.05) is 24.3 Å². The molecule has 1 unspecified atom stereocenters. The van der Waals surface area contributed by atoms with Crippen LogP contribution < -0.4 is 0 Å². The fraction of sp³-hybridized carbons (Fsp3) is 0.562. The molecule has 1 aromatic rings. The Kier molecular flexibility index (Phi) is 7.57. The monoisotopic (exact) mass is 282 g/mol. The number of carbonyl (C=O) groups is 1. The lowest BCUT2D eigenvalue weighted by molar-refractivity contribution is -0.142. The van der Waals surface area contributed by atoms with Crippen LogP contribution in [0.15, 0.2) is 24.3 Å². The number of benzene rings is 1. The SMILES string of the molecule is CCCCCCCC(C(=O)OC)c1ccccc1Cl. The number of rotatable bonds is 8. The lowest BCUT2D eigenvalue weighted by atomic mass is 9.93. The Morgan fingerprint density at radius 2 is 1.89 bits per heavy atom. The van der Waals surface area contributed by atoms with Gasteiger partial charge in [0.25, 0.3) is 0 Å². The fourth-order valence-electron chi connectivity index (χ4n) is 2.25. The highest BCUT2D eigenvalue weighted by Gasteiger charge is 2.22. The molecule has 0 heterocycles. The highest BCUT2D eigenvalue weighted by Crippen LogP contribution is 2.29. The van der Waals surface area contributed by atoms with Crippen molar-refractivity contribution in [2.75, 3.05) is 7.11 Å². The van der Waals surface area contributed by atoms with Gasteiger partial charge in [-0.25, -0.2) is 0 Å². The lowest BCUT2D eigenvalue weighted by Gasteiger charge is -2.16. The first-order valence-corrected chi connectivity index (χ1v) is 7.40. The predicted octanol–water partition coefficient (Wildman–Crippen LogP) is 4.96. The van der Waals surface area contributed by atoms with E-state index in [2.05, 4.69) is 6.92 Å². The summed E-state index contributed by atoms with van der Waals surface area (Å²) in [7, 11) is 1.43. The summed E-state index contributed by atoms with van der Waals surface area (Å²) in [4.78, 5) is 11.9. The van der Waals surface area contributed by atoms with Gasteiger partial charge in [-0.15, -0.1) is 0 Å². The lowest BCUT2D eigenvalue weighted by Crippen LogP contribution is -2.14. The maximum Gasteiger partial charge on any atom is 0.313 e. The van der Waals surface area contributed by atoms with Crippen molar-refractivity contribution in [1.82, 2.24) is 0 Å². The van der Waals surface area contributed by atoms with Gasteiger partial charge < -0.3 is 4.74 Å². The van der Waals surface area contributed by atoms with E-state index in [0.717, 1.165) is 24.8 Å². The van der Waals surface area contributed by atoms with Gasteiger partial charge in [0.15, 0.2) is 0 Å². The molecule has 0 radical (unpaired) electrons. The largest absolute Gasteiger partial charge is 0.469 e. The van der Waals surface area contributed by atoms with Gasteiger partial charge in [-0.3, -0.25) is 4.79 Å². The molecule has 1 atom stereocenters. The van der Waals surface area contributed by atoms with E-state index in [4.69, 9.17) is 16.3 Å². The summed E-state index contributed by atoms with van der Waals surface area (Å²) in [6.07, 6.45) is 6.71. The highest BCUT2D eigenvalue weighted by molar-refractivity contribution is 6.31. The summed E-state index contributed by atoms with van der Waals surface area (Å²) in [5, 5.41) is 0.645. The third-order valence-corrected chi connectivity index (χ3v) is 3.71. The molecule has 0 bridgehead atoms. The Labute approximate surface area is 121 Å². The van der Waals surface area contributed by atoms with Crippen LogP contribution in [-0.2, 0) is 9.53 Å². The Morgan fingerprint density at radius 3 is 2.53 bits per heavy atom. The molecule has 0 aromatic heterocycles. The standard InChI is InChI=1S/C16H23ClO2/c1-3-4-5-6-7-11-14(16(18)19-2)13-10-8-9-12-15(13)17/h8-10,12,14H,3-7,11H2,1-2H3. The van der Waals surface area contributed by atoms with Crippen LogP contribution >= 0.6 is 11.6 Å². The third kappa shape index (κ3) is 5.23. The van der Waals surface area contributed by atoms with Gasteiger partial charge in [-0.1, -0.05) is 68.8 Å². The van der Waals surface area contributed by atoms with E-state index in [9.17, 15) is 4.79 Å². The van der Waals surface area contributed by atoms with E-state index < -0.39 is 0 Å². The second-order valence-corrected chi connectivity index (χ2v) is 5.21. The highest BCUT2D eigenvalue weighted by atomic mass is 35.5. The number of methoxy groups -OCH3 is 1. The average Bonchev–Trinajstić information content (AvgIpc) is 2.43. The van der Waals surface area contributed by atoms with E-state index in [-0.39, 0.29) is 11.9 Å². The van der Waals surface area contributed by atoms with Gasteiger partial charge in [-0.2, -0.15) is 0 Å². The van der Waals surface area contributed by atoms with Crippen molar-refractivity contribution >= 4 is 17.6 Å². The zero-order valence-corrected chi connectivity index (χ0v) is 12.6. The molecule has 0 aliphatic rings. The maximum atomic E-state index is 11.9. The fourth-order valence-corrected chi connectivity index (χ4v) is 2.52. The predicted molar refractivity (Wildman–Crippen MR) is 79.6 cm³/mol. The van der Waals surface area contributed by atoms with E-state index in [0.29, 0.717) is 5.02 Å². The molecule has 0 aliphatic heterocycles. The summed E-state index contributed by atoms with van der Waals surface area (Å²) in [5.41, 5.74) is 0.881. The van der Waals surface area contributed by atoms with Gasteiger partial charge >= 0.3 is 5.97 Å². The molecule has 1 aromatic carbocycles. The van der Waals surface area contributed by atoms with Crippen LogP contribution in [0.2, 0.25) is 5.02 Å². The minimum absolute atomic E-state index is 0.191. The molecule has 1 rings (SSSR count). The first kappa shape index (κ1) is 16.0. The van der Waals surface area contributed by atoms with Gasteiger partial charge in [0.05, 0.1) is 13.0 Å². The zero-order valence-electron chi connectivity index (χ0n) is 11.8. The number of carbonyl (C=O) groups excluding carboxylic acids is 1. The van der Waals surface area contributed by atoms with Crippen LogP contribution in [0.25, 0.3) is 0 Å². The molecule has 0 fully saturated rings. The normalized spacial score (nSPS) is 12.2. The molecule has 0 saturated heterocycles. The number of halogens is 1. The first-order chi connectivity index (χ1) is 9.20. The van der Waals surface area contributed by atoms with Gasteiger partial charge in [-0.05, 0) is 18.1 Å². The van der Waals surface area contributed by atoms with Crippen LogP contribution in [0, 0.1) is 0 Å². The summed E-state index contributed by atoms with van der Waals surface area (Å²) >= 11 is 6.17. The third-order valence-electron chi connectivity index (χ3n) is 3.36. The zero-order chi connectivity index (χ0) is 14.1. The van der Waals surface area contributed by atoms with E-state index >= 15 is 0 Å². The number of unbranched alkanes of at least 4 members (excludes halogenated alkanes) is 4. The van der Waals surface area contributed by atoms with Crippen molar-refractivity contribution in [3.05, 3.63) is 34.9 Å². The quantitative estimate of drug-likeness (QED) is 0.498. The Morgan fingerprint density at radius 1 is 1.21 bits per heavy atom. The molecule has 0 N–H and O–H groups in total. The molecule has 0 amide bonds. The summed E-state index contributed by atoms with van der Waals surface area (Å²) in [5.74, 6) is -0.427. The first-order valence-electron chi connectivity index (χ1n) is 7.03. The Balaban J connectivity index is 2.63. The number of ether oxygens (including phenoxy) is 1. The second-order valence-electron chi connectivity index (χ2n) is 4.80. The number of hydrogen-bond acceptors (Lipinski definition) is 2. The molecule has 0 saturated carbocycles. The molecule has 0 aliphatic carbocycles. The van der Waals surface area contributed by atoms with Crippen LogP contribution in [-0.4, -0.2) is 13.1 Å². The topological polar surface area (TPSA) is 26.3 Å². The van der Waals surface area contributed by atoms with Crippen LogP contribution in [0.4, 0.5) is 0 Å². The smallest absolute Gasteiger partial charge is 0.313 e. The summed E-state index contributed by atoms with van der Waals surface area (Å²) in [6, 6.07) is 7.52. The molecule has 19 heavy (non-hydrogen) atoms. The molecule has 3 heteroatoms. The minimum Gasteiger partial charge on any atom is -0.469 e. The van der Waals surface area contributed by atoms with Crippen molar-refractivity contribution in [3.8, 4) is 0 Å². The maximum absolute atomic E-state index is 11.9.